The number of benzene rings is 5. The van der Waals surface area contributed by atoms with E-state index < -0.39 is 0 Å². The van der Waals surface area contributed by atoms with E-state index in [-0.39, 0.29) is 0 Å². The van der Waals surface area contributed by atoms with Crippen molar-refractivity contribution in [1.29, 1.82) is 0 Å². The Morgan fingerprint density at radius 2 is 1.40 bits per heavy atom. The van der Waals surface area contributed by atoms with Crippen molar-refractivity contribution in [3.8, 4) is 11.1 Å². The Kier molecular flexibility index (Phi) is 4.60. The van der Waals surface area contributed by atoms with Crippen molar-refractivity contribution in [3.05, 3.63) is 138 Å². The monoisotopic (exact) mass is 446 g/mol. The average molecular weight is 447 g/mol. The second kappa shape index (κ2) is 7.96. The van der Waals surface area contributed by atoms with Crippen molar-refractivity contribution < 1.29 is 0 Å². The van der Waals surface area contributed by atoms with E-state index in [4.69, 9.17) is 0 Å². The lowest BCUT2D eigenvalue weighted by Gasteiger charge is -2.25. The zero-order valence-corrected chi connectivity index (χ0v) is 19.8. The highest BCUT2D eigenvalue weighted by Gasteiger charge is 2.22. The highest BCUT2D eigenvalue weighted by Crippen LogP contribution is 2.45. The zero-order valence-electron chi connectivity index (χ0n) is 19.8. The molecule has 0 spiro atoms. The van der Waals surface area contributed by atoms with Crippen molar-refractivity contribution in [2.45, 2.75) is 13.3 Å². The van der Waals surface area contributed by atoms with Gasteiger partial charge in [-0.2, -0.15) is 0 Å². The molecule has 0 bridgehead atoms. The molecule has 0 heteroatoms. The molecule has 7 rings (SSSR count). The van der Waals surface area contributed by atoms with Crippen LogP contribution in [-0.4, -0.2) is 0 Å². The summed E-state index contributed by atoms with van der Waals surface area (Å²) in [5.41, 5.74) is 8.14. The third-order valence-electron chi connectivity index (χ3n) is 7.63. The molecule has 0 radical (unpaired) electrons. The van der Waals surface area contributed by atoms with Gasteiger partial charge in [0.15, 0.2) is 0 Å². The molecule has 0 aromatic heterocycles. The minimum absolute atomic E-state index is 0.457. The third kappa shape index (κ3) is 3.29. The summed E-state index contributed by atoms with van der Waals surface area (Å²) in [6.07, 6.45) is 14.6. The molecule has 5 aromatic carbocycles. The van der Waals surface area contributed by atoms with Crippen LogP contribution in [0, 0.1) is 12.8 Å². The first kappa shape index (κ1) is 20.2. The van der Waals surface area contributed by atoms with Crippen molar-refractivity contribution >= 4 is 37.9 Å². The SMILES string of the molecule is Cc1ccc2c(-c3ccc4ccccc4c3)c3ccccc3c(C3=CC=C4C=CC=CC4C3)c2c1. The van der Waals surface area contributed by atoms with Crippen LogP contribution in [-0.2, 0) is 0 Å². The Bertz CT molecular complexity index is 1770. The van der Waals surface area contributed by atoms with Gasteiger partial charge in [-0.1, -0.05) is 121 Å². The quantitative estimate of drug-likeness (QED) is 0.237. The molecule has 0 aliphatic heterocycles. The Morgan fingerprint density at radius 3 is 2.29 bits per heavy atom. The standard InChI is InChI=1S/C35H26/c1-23-14-19-32-33(20-23)35(29-18-16-25-9-3-5-11-27(25)22-29)31-13-7-6-12-30(31)34(32)28-17-15-24-8-2-4-10-26(24)21-28/h2-21,27H,22H2,1H3. The Morgan fingerprint density at radius 1 is 0.629 bits per heavy atom. The van der Waals surface area contributed by atoms with Gasteiger partial charge >= 0.3 is 0 Å². The number of aryl methyl sites for hydroxylation is 1. The van der Waals surface area contributed by atoms with Crippen LogP contribution in [0.2, 0.25) is 0 Å². The smallest absolute Gasteiger partial charge is 0.00617 e. The predicted molar refractivity (Wildman–Crippen MR) is 152 cm³/mol. The van der Waals surface area contributed by atoms with E-state index in [0.29, 0.717) is 5.92 Å². The van der Waals surface area contributed by atoms with Crippen molar-refractivity contribution in [1.82, 2.24) is 0 Å². The lowest BCUT2D eigenvalue weighted by Crippen LogP contribution is -2.07. The predicted octanol–water partition coefficient (Wildman–Crippen LogP) is 9.58. The van der Waals surface area contributed by atoms with E-state index in [0.717, 1.165) is 6.42 Å². The first-order valence-corrected chi connectivity index (χ1v) is 12.5. The van der Waals surface area contributed by atoms with Crippen LogP contribution in [0.1, 0.15) is 17.5 Å². The van der Waals surface area contributed by atoms with Crippen LogP contribution < -0.4 is 0 Å². The van der Waals surface area contributed by atoms with Gasteiger partial charge in [0.2, 0.25) is 0 Å². The van der Waals surface area contributed by atoms with Crippen LogP contribution in [0.15, 0.2) is 127 Å². The third-order valence-corrected chi connectivity index (χ3v) is 7.63. The molecule has 2 aliphatic carbocycles. The van der Waals surface area contributed by atoms with Crippen LogP contribution in [0.4, 0.5) is 0 Å². The Balaban J connectivity index is 1.57. The molecule has 1 unspecified atom stereocenters. The van der Waals surface area contributed by atoms with Gasteiger partial charge in [0.25, 0.3) is 0 Å². The summed E-state index contributed by atoms with van der Waals surface area (Å²) in [5, 5.41) is 7.90. The second-order valence-corrected chi connectivity index (χ2v) is 9.82. The van der Waals surface area contributed by atoms with E-state index in [1.807, 2.05) is 0 Å². The summed E-state index contributed by atoms with van der Waals surface area (Å²) < 4.78 is 0. The van der Waals surface area contributed by atoms with E-state index in [1.54, 1.807) is 0 Å². The summed E-state index contributed by atoms with van der Waals surface area (Å²) >= 11 is 0. The molecule has 2 aliphatic rings. The Hall–Kier alpha value is -4.16. The molecule has 5 aromatic rings. The second-order valence-electron chi connectivity index (χ2n) is 9.82. The van der Waals surface area contributed by atoms with E-state index >= 15 is 0 Å². The summed E-state index contributed by atoms with van der Waals surface area (Å²) in [4.78, 5) is 0. The van der Waals surface area contributed by atoms with Gasteiger partial charge in [-0.25, -0.2) is 0 Å². The normalized spacial score (nSPS) is 17.0. The van der Waals surface area contributed by atoms with Crippen LogP contribution in [0.5, 0.6) is 0 Å². The lowest BCUT2D eigenvalue weighted by molar-refractivity contribution is 0.794. The molecule has 1 atom stereocenters. The van der Waals surface area contributed by atoms with E-state index in [1.165, 1.54) is 65.7 Å². The number of hydrogen-bond donors (Lipinski definition) is 0. The summed E-state index contributed by atoms with van der Waals surface area (Å²) in [6, 6.07) is 31.5. The van der Waals surface area contributed by atoms with E-state index in [2.05, 4.69) is 128 Å². The maximum absolute atomic E-state index is 2.39. The largest absolute Gasteiger partial charge is 0.0767 e. The molecule has 166 valence electrons. The Labute approximate surface area is 206 Å². The molecule has 0 amide bonds. The van der Waals surface area contributed by atoms with Crippen LogP contribution in [0.25, 0.3) is 49.0 Å². The maximum Gasteiger partial charge on any atom is 0.00617 e. The highest BCUT2D eigenvalue weighted by molar-refractivity contribution is 6.19. The average Bonchev–Trinajstić information content (AvgIpc) is 2.91. The van der Waals surface area contributed by atoms with Crippen molar-refractivity contribution in [3.63, 3.8) is 0 Å². The zero-order chi connectivity index (χ0) is 23.4. The summed E-state index contributed by atoms with van der Waals surface area (Å²) in [6.45, 7) is 2.20. The molecule has 0 nitrogen and oxygen atoms in total. The van der Waals surface area contributed by atoms with Gasteiger partial charge < -0.3 is 0 Å². The number of allylic oxidation sites excluding steroid dienone is 8. The van der Waals surface area contributed by atoms with Gasteiger partial charge in [-0.05, 0) is 79.6 Å². The first-order valence-electron chi connectivity index (χ1n) is 12.5. The molecular weight excluding hydrogens is 420 g/mol. The number of fused-ring (bicyclic) bond motifs is 4. The van der Waals surface area contributed by atoms with Crippen molar-refractivity contribution in [2.24, 2.45) is 5.92 Å². The summed E-state index contributed by atoms with van der Waals surface area (Å²) in [7, 11) is 0. The molecule has 0 saturated carbocycles. The minimum Gasteiger partial charge on any atom is -0.0767 e. The minimum atomic E-state index is 0.457. The van der Waals surface area contributed by atoms with Crippen molar-refractivity contribution in [2.75, 3.05) is 0 Å². The molecule has 0 fully saturated rings. The maximum atomic E-state index is 2.39. The fraction of sp³-hybridized carbons (Fsp3) is 0.0857. The number of hydrogen-bond acceptors (Lipinski definition) is 0. The van der Waals surface area contributed by atoms with Gasteiger partial charge in [0, 0.05) is 5.92 Å². The molecule has 35 heavy (non-hydrogen) atoms. The van der Waals surface area contributed by atoms with Crippen LogP contribution in [0.3, 0.4) is 0 Å². The van der Waals surface area contributed by atoms with Gasteiger partial charge in [0.05, 0.1) is 0 Å². The molecular formula is C35H26. The highest BCUT2D eigenvalue weighted by atomic mass is 14.3. The summed E-state index contributed by atoms with van der Waals surface area (Å²) in [5.74, 6) is 0.457. The van der Waals surface area contributed by atoms with Gasteiger partial charge in [-0.3, -0.25) is 0 Å². The number of rotatable bonds is 2. The van der Waals surface area contributed by atoms with Crippen LogP contribution >= 0.6 is 0 Å². The molecule has 0 saturated heterocycles. The first-order chi connectivity index (χ1) is 17.3. The van der Waals surface area contributed by atoms with E-state index in [9.17, 15) is 0 Å². The van der Waals surface area contributed by atoms with Gasteiger partial charge in [0.1, 0.15) is 0 Å². The fourth-order valence-electron chi connectivity index (χ4n) is 5.95. The lowest BCUT2D eigenvalue weighted by atomic mass is 9.78. The molecule has 0 N–H and O–H groups in total. The topological polar surface area (TPSA) is 0 Å². The molecule has 0 heterocycles. The van der Waals surface area contributed by atoms with Gasteiger partial charge in [-0.15, -0.1) is 0 Å². The fourth-order valence-corrected chi connectivity index (χ4v) is 5.95.